The van der Waals surface area contributed by atoms with Crippen molar-refractivity contribution in [1.82, 2.24) is 19.9 Å². The maximum Gasteiger partial charge on any atom is 0.267 e. The van der Waals surface area contributed by atoms with Crippen LogP contribution in [0, 0.1) is 0 Å². The van der Waals surface area contributed by atoms with Crippen LogP contribution in [0.2, 0.25) is 0 Å². The highest BCUT2D eigenvalue weighted by Crippen LogP contribution is 2.42. The molecule has 0 unspecified atom stereocenters. The molecule has 2 fully saturated rings. The van der Waals surface area contributed by atoms with Crippen LogP contribution >= 0.6 is 0 Å². The average molecular weight is 556 g/mol. The van der Waals surface area contributed by atoms with Crippen LogP contribution in [0.5, 0.6) is 0 Å². The standard InChI is InChI=1S/C30H33N7O2S/c1-30(2)20-37(40(38,39)26-7-3-5-21-6-4-14-31-27(21)26)28-25(30)19-32-29(34-28)33-22-8-10-23(11-9-22)35-15-17-36(18-16-35)24-12-13-24/h3-11,14,19,24H,12-13,15-18,20H2,1-2H3,(H,32,33,34). The summed E-state index contributed by atoms with van der Waals surface area (Å²) < 4.78 is 29.4. The second-order valence-electron chi connectivity index (χ2n) is 11.6. The van der Waals surface area contributed by atoms with Gasteiger partial charge < -0.3 is 10.2 Å². The molecular weight excluding hydrogens is 522 g/mol. The van der Waals surface area contributed by atoms with Gasteiger partial charge in [0.1, 0.15) is 4.90 Å². The molecule has 1 N–H and O–H groups in total. The molecule has 0 spiro atoms. The zero-order valence-corrected chi connectivity index (χ0v) is 23.6. The van der Waals surface area contributed by atoms with Crippen LogP contribution in [0.25, 0.3) is 10.9 Å². The van der Waals surface area contributed by atoms with Gasteiger partial charge in [0.25, 0.3) is 10.0 Å². The number of piperazine rings is 1. The molecular formula is C30H33N7O2S. The first kappa shape index (κ1) is 25.2. The molecule has 0 amide bonds. The van der Waals surface area contributed by atoms with Crippen molar-refractivity contribution in [2.45, 2.75) is 43.0 Å². The van der Waals surface area contributed by atoms with Crippen LogP contribution in [0.4, 0.5) is 23.1 Å². The molecule has 0 atom stereocenters. The van der Waals surface area contributed by atoms with E-state index in [4.69, 9.17) is 4.98 Å². The van der Waals surface area contributed by atoms with Crippen molar-refractivity contribution in [2.75, 3.05) is 47.2 Å². The fraction of sp³-hybridized carbons (Fsp3) is 0.367. The Morgan fingerprint density at radius 2 is 1.68 bits per heavy atom. The molecule has 40 heavy (non-hydrogen) atoms. The van der Waals surface area contributed by atoms with Crippen LogP contribution in [-0.2, 0) is 15.4 Å². The summed E-state index contributed by atoms with van der Waals surface area (Å²) in [6.07, 6.45) is 6.07. The number of rotatable bonds is 6. The van der Waals surface area contributed by atoms with E-state index >= 15 is 0 Å². The molecule has 0 radical (unpaired) electrons. The number of sulfonamides is 1. The second kappa shape index (κ2) is 9.42. The van der Waals surface area contributed by atoms with Gasteiger partial charge in [-0.1, -0.05) is 32.0 Å². The molecule has 4 heterocycles. The third-order valence-corrected chi connectivity index (χ3v) is 10.1. The summed E-state index contributed by atoms with van der Waals surface area (Å²) >= 11 is 0. The van der Waals surface area contributed by atoms with Gasteiger partial charge in [-0.25, -0.2) is 17.7 Å². The molecule has 2 aromatic carbocycles. The third kappa shape index (κ3) is 4.45. The highest BCUT2D eigenvalue weighted by atomic mass is 32.2. The quantitative estimate of drug-likeness (QED) is 0.371. The Balaban J connectivity index is 1.14. The summed E-state index contributed by atoms with van der Waals surface area (Å²) in [4.78, 5) is 18.9. The van der Waals surface area contributed by atoms with E-state index in [2.05, 4.69) is 37.2 Å². The van der Waals surface area contributed by atoms with Crippen LogP contribution in [0.3, 0.4) is 0 Å². The van der Waals surface area contributed by atoms with Gasteiger partial charge in [0, 0.05) is 78.9 Å². The minimum absolute atomic E-state index is 0.177. The Bertz CT molecular complexity index is 1670. The van der Waals surface area contributed by atoms with Gasteiger partial charge in [-0.2, -0.15) is 4.98 Å². The van der Waals surface area contributed by atoms with Crippen molar-refractivity contribution in [3.63, 3.8) is 0 Å². The van der Waals surface area contributed by atoms with Crippen molar-refractivity contribution in [1.29, 1.82) is 0 Å². The monoisotopic (exact) mass is 555 g/mol. The van der Waals surface area contributed by atoms with Gasteiger partial charge in [0.2, 0.25) is 5.95 Å². The summed E-state index contributed by atoms with van der Waals surface area (Å²) in [5.74, 6) is 0.763. The lowest BCUT2D eigenvalue weighted by Gasteiger charge is -2.36. The molecule has 10 heteroatoms. The first-order chi connectivity index (χ1) is 19.3. The summed E-state index contributed by atoms with van der Waals surface area (Å²) in [6, 6.07) is 18.0. The summed E-state index contributed by atoms with van der Waals surface area (Å²) in [6.45, 7) is 8.64. The zero-order chi connectivity index (χ0) is 27.5. The lowest BCUT2D eigenvalue weighted by molar-refractivity contribution is 0.248. The van der Waals surface area contributed by atoms with Crippen LogP contribution < -0.4 is 14.5 Å². The fourth-order valence-corrected chi connectivity index (χ4v) is 7.65. The predicted molar refractivity (Wildman–Crippen MR) is 158 cm³/mol. The molecule has 3 aliphatic rings. The number of nitrogens with one attached hydrogen (secondary N) is 1. The number of hydrogen-bond donors (Lipinski definition) is 1. The van der Waals surface area contributed by atoms with Crippen molar-refractivity contribution >= 4 is 44.1 Å². The maximum atomic E-state index is 14.0. The maximum absolute atomic E-state index is 14.0. The Hall–Kier alpha value is -3.76. The Morgan fingerprint density at radius 3 is 2.42 bits per heavy atom. The van der Waals surface area contributed by atoms with Gasteiger partial charge in [0.05, 0.1) is 5.52 Å². The van der Waals surface area contributed by atoms with E-state index in [-0.39, 0.29) is 11.4 Å². The Labute approximate surface area is 234 Å². The lowest BCUT2D eigenvalue weighted by atomic mass is 9.89. The predicted octanol–water partition coefficient (Wildman–Crippen LogP) is 4.54. The number of fused-ring (bicyclic) bond motifs is 2. The van der Waals surface area contributed by atoms with Crippen molar-refractivity contribution in [3.05, 3.63) is 72.6 Å². The molecule has 2 aliphatic heterocycles. The van der Waals surface area contributed by atoms with Crippen molar-refractivity contribution in [2.24, 2.45) is 0 Å². The topological polar surface area (TPSA) is 94.6 Å². The van der Waals surface area contributed by atoms with Crippen molar-refractivity contribution in [3.8, 4) is 0 Å². The summed E-state index contributed by atoms with van der Waals surface area (Å²) in [5, 5.41) is 4.06. The van der Waals surface area contributed by atoms with E-state index in [1.807, 2.05) is 38.1 Å². The number of nitrogens with zero attached hydrogens (tertiary/aromatic N) is 6. The van der Waals surface area contributed by atoms with Crippen molar-refractivity contribution < 1.29 is 8.42 Å². The smallest absolute Gasteiger partial charge is 0.267 e. The number of pyridine rings is 1. The number of para-hydroxylation sites is 1. The van der Waals surface area contributed by atoms with Crippen LogP contribution in [0.1, 0.15) is 32.3 Å². The molecule has 1 aliphatic carbocycles. The molecule has 2 aromatic heterocycles. The normalized spacial score (nSPS) is 19.1. The number of anilines is 4. The summed E-state index contributed by atoms with van der Waals surface area (Å²) in [5.41, 5.74) is 2.88. The summed E-state index contributed by atoms with van der Waals surface area (Å²) in [7, 11) is -3.92. The molecule has 1 saturated carbocycles. The van der Waals surface area contributed by atoms with E-state index in [1.165, 1.54) is 22.8 Å². The molecule has 7 rings (SSSR count). The SMILES string of the molecule is CC1(C)CN(S(=O)(=O)c2cccc3cccnc23)c2nc(Nc3ccc(N4CCN(C5CC5)CC4)cc3)ncc21. The van der Waals surface area contributed by atoms with E-state index < -0.39 is 15.4 Å². The first-order valence-corrected chi connectivity index (χ1v) is 15.3. The highest BCUT2D eigenvalue weighted by Gasteiger charge is 2.43. The molecule has 9 nitrogen and oxygen atoms in total. The average Bonchev–Trinajstić information content (AvgIpc) is 3.78. The van der Waals surface area contributed by atoms with Gasteiger partial charge in [-0.05, 0) is 49.2 Å². The highest BCUT2D eigenvalue weighted by molar-refractivity contribution is 7.93. The van der Waals surface area contributed by atoms with E-state index in [1.54, 1.807) is 30.6 Å². The minimum Gasteiger partial charge on any atom is -0.369 e. The van der Waals surface area contributed by atoms with Gasteiger partial charge in [-0.3, -0.25) is 9.88 Å². The Kier molecular flexibility index (Phi) is 5.94. The van der Waals surface area contributed by atoms with Crippen LogP contribution in [0.15, 0.2) is 71.9 Å². The first-order valence-electron chi connectivity index (χ1n) is 13.9. The van der Waals surface area contributed by atoms with Gasteiger partial charge >= 0.3 is 0 Å². The lowest BCUT2D eigenvalue weighted by Crippen LogP contribution is -2.47. The van der Waals surface area contributed by atoms with E-state index in [9.17, 15) is 8.42 Å². The molecule has 0 bridgehead atoms. The van der Waals surface area contributed by atoms with Gasteiger partial charge in [-0.15, -0.1) is 0 Å². The second-order valence-corrected chi connectivity index (χ2v) is 13.4. The largest absolute Gasteiger partial charge is 0.369 e. The van der Waals surface area contributed by atoms with Crippen LogP contribution in [-0.4, -0.2) is 67.0 Å². The third-order valence-electron chi connectivity index (χ3n) is 8.30. The molecule has 206 valence electrons. The number of hydrogen-bond acceptors (Lipinski definition) is 8. The number of aromatic nitrogens is 3. The molecule has 1 saturated heterocycles. The zero-order valence-electron chi connectivity index (χ0n) is 22.8. The minimum atomic E-state index is -3.92. The number of benzene rings is 2. The Morgan fingerprint density at radius 1 is 0.925 bits per heavy atom. The fourth-order valence-electron chi connectivity index (χ4n) is 5.89. The van der Waals surface area contributed by atoms with Gasteiger partial charge in [0.15, 0.2) is 5.82 Å². The van der Waals surface area contributed by atoms with E-state index in [0.717, 1.165) is 48.9 Å². The molecule has 4 aromatic rings. The van der Waals surface area contributed by atoms with E-state index in [0.29, 0.717) is 17.3 Å².